The number of aliphatic hydroxyl groups excluding tert-OH is 1. The quantitative estimate of drug-likeness (QED) is 0.658. The number of aromatic nitrogens is 1. The van der Waals surface area contributed by atoms with E-state index in [2.05, 4.69) is 11.9 Å². The Kier molecular flexibility index (Phi) is 6.51. The highest BCUT2D eigenvalue weighted by molar-refractivity contribution is 6.33. The second-order valence-electron chi connectivity index (χ2n) is 7.96. The third-order valence-corrected chi connectivity index (χ3v) is 7.11. The van der Waals surface area contributed by atoms with E-state index in [0.29, 0.717) is 31.0 Å². The van der Waals surface area contributed by atoms with E-state index < -0.39 is 6.10 Å². The lowest BCUT2D eigenvalue weighted by Gasteiger charge is -2.43. The Morgan fingerprint density at radius 3 is 2.67 bits per heavy atom. The monoisotopic (exact) mass is 415 g/mol. The van der Waals surface area contributed by atoms with E-state index >= 15 is 0 Å². The summed E-state index contributed by atoms with van der Waals surface area (Å²) >= 11 is 12.4. The van der Waals surface area contributed by atoms with E-state index in [-0.39, 0.29) is 39.7 Å². The number of aromatic amines is 1. The van der Waals surface area contributed by atoms with Crippen LogP contribution < -0.4 is 11.3 Å². The van der Waals surface area contributed by atoms with Gasteiger partial charge in [0.15, 0.2) is 0 Å². The van der Waals surface area contributed by atoms with Crippen molar-refractivity contribution in [3.8, 4) is 0 Å². The van der Waals surface area contributed by atoms with Crippen molar-refractivity contribution in [2.75, 3.05) is 13.1 Å². The Morgan fingerprint density at radius 2 is 2.04 bits per heavy atom. The molecule has 1 aliphatic heterocycles. The minimum absolute atomic E-state index is 0.00425. The molecule has 2 aliphatic rings. The fourth-order valence-corrected chi connectivity index (χ4v) is 4.93. The number of hydrogen-bond acceptors (Lipinski definition) is 4. The van der Waals surface area contributed by atoms with Crippen LogP contribution in [0.3, 0.4) is 0 Å². The van der Waals surface area contributed by atoms with Gasteiger partial charge in [-0.1, -0.05) is 18.5 Å². The third-order valence-electron chi connectivity index (χ3n) is 6.19. The fraction of sp³-hybridized carbons (Fsp3) is 0.684. The van der Waals surface area contributed by atoms with Crippen molar-refractivity contribution in [2.45, 2.75) is 50.1 Å². The van der Waals surface area contributed by atoms with Crippen LogP contribution in [0.15, 0.2) is 17.1 Å². The Morgan fingerprint density at radius 1 is 1.37 bits per heavy atom. The molecule has 3 rings (SSSR count). The molecule has 2 heterocycles. The molecule has 4 unspecified atom stereocenters. The summed E-state index contributed by atoms with van der Waals surface area (Å²) in [6.07, 6.45) is 3.93. The highest BCUT2D eigenvalue weighted by Crippen LogP contribution is 2.37. The first kappa shape index (κ1) is 20.6. The molecule has 1 aliphatic carbocycles. The Hall–Kier alpha value is -1.08. The van der Waals surface area contributed by atoms with Gasteiger partial charge in [-0.05, 0) is 37.5 Å². The highest BCUT2D eigenvalue weighted by atomic mass is 35.5. The smallest absolute Gasteiger partial charge is 0.256 e. The molecule has 6 nitrogen and oxygen atoms in total. The molecular formula is C19H27Cl2N3O3. The maximum atomic E-state index is 12.7. The summed E-state index contributed by atoms with van der Waals surface area (Å²) in [5.41, 5.74) is 6.48. The number of nitrogens with zero attached hydrogens (tertiary/aromatic N) is 1. The molecular weight excluding hydrogens is 389 g/mol. The number of H-pyrrole nitrogens is 1. The lowest BCUT2D eigenvalue weighted by molar-refractivity contribution is 0.0184. The molecule has 1 saturated carbocycles. The van der Waals surface area contributed by atoms with Gasteiger partial charge < -0.3 is 20.7 Å². The van der Waals surface area contributed by atoms with Gasteiger partial charge in [-0.25, -0.2) is 0 Å². The number of carbonyl (C=O) groups excluding carboxylic acids is 1. The Labute approximate surface area is 169 Å². The van der Waals surface area contributed by atoms with Gasteiger partial charge in [-0.2, -0.15) is 0 Å². The van der Waals surface area contributed by atoms with Gasteiger partial charge in [-0.15, -0.1) is 11.6 Å². The van der Waals surface area contributed by atoms with Crippen molar-refractivity contribution < 1.29 is 9.90 Å². The Balaban J connectivity index is 1.59. The van der Waals surface area contributed by atoms with Crippen molar-refractivity contribution in [1.82, 2.24) is 9.88 Å². The first-order chi connectivity index (χ1) is 12.8. The lowest BCUT2D eigenvalue weighted by Crippen LogP contribution is -2.51. The average molecular weight is 416 g/mol. The maximum absolute atomic E-state index is 12.7. The molecule has 1 amide bonds. The maximum Gasteiger partial charge on any atom is 0.256 e. The first-order valence-electron chi connectivity index (χ1n) is 9.53. The van der Waals surface area contributed by atoms with Crippen LogP contribution >= 0.6 is 23.2 Å². The van der Waals surface area contributed by atoms with Gasteiger partial charge in [0.2, 0.25) is 5.56 Å². The zero-order chi connectivity index (χ0) is 19.7. The third kappa shape index (κ3) is 4.50. The summed E-state index contributed by atoms with van der Waals surface area (Å²) < 4.78 is 0. The van der Waals surface area contributed by atoms with E-state index in [1.807, 2.05) is 0 Å². The first-order valence-corrected chi connectivity index (χ1v) is 10.3. The van der Waals surface area contributed by atoms with Crippen molar-refractivity contribution in [1.29, 1.82) is 0 Å². The zero-order valence-corrected chi connectivity index (χ0v) is 16.9. The van der Waals surface area contributed by atoms with Gasteiger partial charge in [0.1, 0.15) is 0 Å². The van der Waals surface area contributed by atoms with Crippen LogP contribution in [0.5, 0.6) is 0 Å². The molecule has 0 spiro atoms. The second-order valence-corrected chi connectivity index (χ2v) is 8.93. The molecule has 0 radical (unpaired) electrons. The molecule has 150 valence electrons. The van der Waals surface area contributed by atoms with Crippen molar-refractivity contribution in [3.63, 3.8) is 0 Å². The van der Waals surface area contributed by atoms with Crippen LogP contribution in [-0.4, -0.2) is 51.5 Å². The summed E-state index contributed by atoms with van der Waals surface area (Å²) in [6.45, 7) is 3.22. The standard InChI is InChI=1S/C19H27Cl2N3O3/c1-10-6-16(25)12(7-14(10)20)18(22)11-2-4-24(5-3-11)19(27)13-9-23-17(26)8-15(13)21/h8-12,14,16,18,25H,2-7,22H2,1H3,(H,23,26)/t10?,12?,14?,16?,18-/m1/s1. The average Bonchev–Trinajstić information content (AvgIpc) is 2.64. The summed E-state index contributed by atoms with van der Waals surface area (Å²) in [5, 5.41) is 10.7. The number of likely N-dealkylation sites (tertiary alicyclic amines) is 1. The van der Waals surface area contributed by atoms with Crippen LogP contribution in [0.1, 0.15) is 43.0 Å². The van der Waals surface area contributed by atoms with Gasteiger partial charge in [-0.3, -0.25) is 9.59 Å². The number of nitrogens with two attached hydrogens (primary N) is 1. The summed E-state index contributed by atoms with van der Waals surface area (Å²) in [4.78, 5) is 28.2. The predicted molar refractivity (Wildman–Crippen MR) is 106 cm³/mol. The van der Waals surface area contributed by atoms with Crippen molar-refractivity contribution >= 4 is 29.1 Å². The van der Waals surface area contributed by atoms with Crippen LogP contribution in [0.4, 0.5) is 0 Å². The molecule has 2 fully saturated rings. The van der Waals surface area contributed by atoms with E-state index in [0.717, 1.165) is 19.3 Å². The minimum atomic E-state index is -0.412. The topological polar surface area (TPSA) is 99.4 Å². The van der Waals surface area contributed by atoms with Crippen molar-refractivity contribution in [3.05, 3.63) is 33.2 Å². The van der Waals surface area contributed by atoms with Gasteiger partial charge in [0.05, 0.1) is 16.7 Å². The molecule has 0 aromatic carbocycles. The number of amides is 1. The predicted octanol–water partition coefficient (Wildman–Crippen LogP) is 2.22. The molecule has 27 heavy (non-hydrogen) atoms. The van der Waals surface area contributed by atoms with Gasteiger partial charge in [0.25, 0.3) is 5.91 Å². The number of rotatable bonds is 3. The number of alkyl halides is 1. The lowest BCUT2D eigenvalue weighted by atomic mass is 9.72. The van der Waals surface area contributed by atoms with Crippen LogP contribution in [0.2, 0.25) is 5.02 Å². The van der Waals surface area contributed by atoms with E-state index in [1.165, 1.54) is 12.3 Å². The molecule has 8 heteroatoms. The molecule has 1 aromatic heterocycles. The number of piperidine rings is 1. The number of aliphatic hydroxyl groups is 1. The summed E-state index contributed by atoms with van der Waals surface area (Å²) in [7, 11) is 0. The summed E-state index contributed by atoms with van der Waals surface area (Å²) in [5.74, 6) is 0.365. The van der Waals surface area contributed by atoms with Crippen LogP contribution in [0, 0.1) is 17.8 Å². The number of pyridine rings is 1. The largest absolute Gasteiger partial charge is 0.393 e. The number of hydrogen-bond donors (Lipinski definition) is 3. The normalized spacial score (nSPS) is 30.9. The number of halogens is 2. The molecule has 1 saturated heterocycles. The Bertz CT molecular complexity index is 733. The van der Waals surface area contributed by atoms with E-state index in [1.54, 1.807) is 4.90 Å². The highest BCUT2D eigenvalue weighted by Gasteiger charge is 2.40. The van der Waals surface area contributed by atoms with E-state index in [4.69, 9.17) is 28.9 Å². The fourth-order valence-electron chi connectivity index (χ4n) is 4.38. The van der Waals surface area contributed by atoms with Gasteiger partial charge >= 0.3 is 0 Å². The number of nitrogens with one attached hydrogen (secondary N) is 1. The molecule has 5 atom stereocenters. The molecule has 1 aromatic rings. The second kappa shape index (κ2) is 8.52. The van der Waals surface area contributed by atoms with Crippen LogP contribution in [0.25, 0.3) is 0 Å². The zero-order valence-electron chi connectivity index (χ0n) is 15.4. The van der Waals surface area contributed by atoms with Crippen molar-refractivity contribution in [2.24, 2.45) is 23.5 Å². The number of carbonyl (C=O) groups is 1. The van der Waals surface area contributed by atoms with Gasteiger partial charge in [0, 0.05) is 42.7 Å². The van der Waals surface area contributed by atoms with Crippen LogP contribution in [-0.2, 0) is 0 Å². The summed E-state index contributed by atoms with van der Waals surface area (Å²) in [6, 6.07) is 1.09. The molecule has 0 bridgehead atoms. The minimum Gasteiger partial charge on any atom is -0.393 e. The van der Waals surface area contributed by atoms with E-state index in [9.17, 15) is 14.7 Å². The molecule has 4 N–H and O–H groups in total. The SMILES string of the molecule is CC1CC(O)C([C@H](N)C2CCN(C(=O)c3c[nH]c(=O)cc3Cl)CC2)CC1Cl.